The zero-order valence-electron chi connectivity index (χ0n) is 17.9. The van der Waals surface area contributed by atoms with E-state index in [2.05, 4.69) is 52.0 Å². The van der Waals surface area contributed by atoms with Gasteiger partial charge < -0.3 is 4.74 Å². The van der Waals surface area contributed by atoms with E-state index in [1.165, 1.54) is 16.7 Å². The van der Waals surface area contributed by atoms with Crippen LogP contribution >= 0.6 is 0 Å². The van der Waals surface area contributed by atoms with Gasteiger partial charge in [-0.25, -0.2) is 0 Å². The highest BCUT2D eigenvalue weighted by Crippen LogP contribution is 2.45. The summed E-state index contributed by atoms with van der Waals surface area (Å²) in [5.41, 5.74) is 5.82. The molecule has 0 spiro atoms. The van der Waals surface area contributed by atoms with Crippen LogP contribution in [-0.4, -0.2) is 10.7 Å². The maximum absolute atomic E-state index is 6.27. The smallest absolute Gasteiger partial charge is 0.148 e. The fourth-order valence-electron chi connectivity index (χ4n) is 4.20. The zero-order chi connectivity index (χ0) is 20.4. The van der Waals surface area contributed by atoms with E-state index in [0.717, 1.165) is 41.8 Å². The van der Waals surface area contributed by atoms with Crippen molar-refractivity contribution in [2.75, 3.05) is 0 Å². The number of hydrogen-bond donors (Lipinski definition) is 0. The second-order valence-corrected chi connectivity index (χ2v) is 8.93. The molecule has 0 fully saturated rings. The Balaban J connectivity index is 1.85. The second kappa shape index (κ2) is 7.98. The molecule has 29 heavy (non-hydrogen) atoms. The third-order valence-corrected chi connectivity index (χ3v) is 5.86. The highest BCUT2D eigenvalue weighted by Gasteiger charge is 2.27. The van der Waals surface area contributed by atoms with Crippen LogP contribution < -0.4 is 4.74 Å². The summed E-state index contributed by atoms with van der Waals surface area (Å²) in [6, 6.07) is 16.6. The van der Waals surface area contributed by atoms with E-state index in [9.17, 15) is 0 Å². The third kappa shape index (κ3) is 4.05. The predicted molar refractivity (Wildman–Crippen MR) is 121 cm³/mol. The van der Waals surface area contributed by atoms with Gasteiger partial charge in [-0.3, -0.25) is 9.98 Å². The highest BCUT2D eigenvalue weighted by atomic mass is 16.5. The third-order valence-electron chi connectivity index (χ3n) is 5.86. The lowest BCUT2D eigenvalue weighted by atomic mass is 9.84. The SMILES string of the molecule is CCC1CCC(C(C)(C)C)=Nc2cc(OCc3ccccc3)c3ncccc3c21. The molecule has 150 valence electrons. The van der Waals surface area contributed by atoms with Crippen LogP contribution in [-0.2, 0) is 6.61 Å². The molecule has 0 aliphatic carbocycles. The number of rotatable bonds is 4. The van der Waals surface area contributed by atoms with Crippen molar-refractivity contribution in [3.05, 3.63) is 65.9 Å². The summed E-state index contributed by atoms with van der Waals surface area (Å²) in [7, 11) is 0. The van der Waals surface area contributed by atoms with Crippen molar-refractivity contribution in [2.45, 2.75) is 59.5 Å². The summed E-state index contributed by atoms with van der Waals surface area (Å²) in [6.45, 7) is 9.57. The van der Waals surface area contributed by atoms with Gasteiger partial charge in [0, 0.05) is 28.8 Å². The molecule has 1 aromatic heterocycles. The molecule has 0 amide bonds. The van der Waals surface area contributed by atoms with Gasteiger partial charge in [0.1, 0.15) is 17.9 Å². The molecule has 3 heteroatoms. The number of pyridine rings is 1. The fourth-order valence-corrected chi connectivity index (χ4v) is 4.20. The Hall–Kier alpha value is -2.68. The molecule has 1 aliphatic rings. The average molecular weight is 387 g/mol. The standard InChI is InChI=1S/C26H30N2O/c1-5-19-13-14-23(26(2,3)4)28-21-16-22(29-17-18-10-7-6-8-11-18)25-20(24(19)21)12-9-15-27-25/h6-12,15-16,19H,5,13-14,17H2,1-4H3. The van der Waals surface area contributed by atoms with Gasteiger partial charge >= 0.3 is 0 Å². The van der Waals surface area contributed by atoms with Crippen LogP contribution in [0.2, 0.25) is 0 Å². The molecule has 3 nitrogen and oxygen atoms in total. The van der Waals surface area contributed by atoms with E-state index < -0.39 is 0 Å². The molecular weight excluding hydrogens is 356 g/mol. The molecular formula is C26H30N2O. The van der Waals surface area contributed by atoms with Gasteiger partial charge in [0.05, 0.1) is 5.69 Å². The summed E-state index contributed by atoms with van der Waals surface area (Å²) in [6.07, 6.45) is 5.13. The number of fused-ring (bicyclic) bond motifs is 3. The number of benzene rings is 2. The van der Waals surface area contributed by atoms with Crippen LogP contribution in [0.4, 0.5) is 5.69 Å². The zero-order valence-corrected chi connectivity index (χ0v) is 17.9. The minimum Gasteiger partial charge on any atom is -0.487 e. The van der Waals surface area contributed by atoms with Crippen LogP contribution in [0.5, 0.6) is 5.75 Å². The van der Waals surface area contributed by atoms with Gasteiger partial charge in [-0.05, 0) is 42.4 Å². The number of aliphatic imine (C=N–C) groups is 1. The summed E-state index contributed by atoms with van der Waals surface area (Å²) < 4.78 is 6.27. The molecule has 0 radical (unpaired) electrons. The molecule has 0 saturated heterocycles. The van der Waals surface area contributed by atoms with Gasteiger partial charge in [0.25, 0.3) is 0 Å². The largest absolute Gasteiger partial charge is 0.487 e. The molecule has 3 aromatic rings. The van der Waals surface area contributed by atoms with Gasteiger partial charge in [0.2, 0.25) is 0 Å². The lowest BCUT2D eigenvalue weighted by Gasteiger charge is -2.21. The number of hydrogen-bond acceptors (Lipinski definition) is 3. The van der Waals surface area contributed by atoms with E-state index in [4.69, 9.17) is 14.7 Å². The first-order chi connectivity index (χ1) is 14.0. The van der Waals surface area contributed by atoms with E-state index in [-0.39, 0.29) is 5.41 Å². The van der Waals surface area contributed by atoms with Crippen molar-refractivity contribution in [1.29, 1.82) is 0 Å². The van der Waals surface area contributed by atoms with Crippen LogP contribution in [0, 0.1) is 5.41 Å². The van der Waals surface area contributed by atoms with Crippen LogP contribution in [0.1, 0.15) is 64.0 Å². The summed E-state index contributed by atoms with van der Waals surface area (Å²) in [5.74, 6) is 1.31. The summed E-state index contributed by atoms with van der Waals surface area (Å²) in [4.78, 5) is 9.88. The Labute approximate surface area is 173 Å². The first-order valence-electron chi connectivity index (χ1n) is 10.6. The number of nitrogens with zero attached hydrogens (tertiary/aromatic N) is 2. The van der Waals surface area contributed by atoms with E-state index >= 15 is 0 Å². The van der Waals surface area contributed by atoms with Crippen LogP contribution in [0.25, 0.3) is 10.9 Å². The Morgan fingerprint density at radius 2 is 1.86 bits per heavy atom. The van der Waals surface area contributed by atoms with Gasteiger partial charge in [-0.2, -0.15) is 0 Å². The highest BCUT2D eigenvalue weighted by molar-refractivity contribution is 5.97. The van der Waals surface area contributed by atoms with Crippen molar-refractivity contribution in [3.63, 3.8) is 0 Å². The van der Waals surface area contributed by atoms with Crippen LogP contribution in [0.15, 0.2) is 59.7 Å². The van der Waals surface area contributed by atoms with Gasteiger partial charge in [-0.15, -0.1) is 0 Å². The first-order valence-corrected chi connectivity index (χ1v) is 10.6. The molecule has 1 aliphatic heterocycles. The van der Waals surface area contributed by atoms with Crippen molar-refractivity contribution in [1.82, 2.24) is 4.98 Å². The van der Waals surface area contributed by atoms with Crippen molar-refractivity contribution >= 4 is 22.3 Å². The summed E-state index contributed by atoms with van der Waals surface area (Å²) in [5, 5.41) is 1.18. The maximum Gasteiger partial charge on any atom is 0.148 e. The number of ether oxygens (including phenoxy) is 1. The van der Waals surface area contributed by atoms with Crippen LogP contribution in [0.3, 0.4) is 0 Å². The normalized spacial score (nSPS) is 16.8. The quantitative estimate of drug-likeness (QED) is 0.474. The fraction of sp³-hybridized carbons (Fsp3) is 0.385. The predicted octanol–water partition coefficient (Wildman–Crippen LogP) is 7.22. The molecule has 1 unspecified atom stereocenters. The topological polar surface area (TPSA) is 34.5 Å². The van der Waals surface area contributed by atoms with Crippen molar-refractivity contribution in [3.8, 4) is 5.75 Å². The second-order valence-electron chi connectivity index (χ2n) is 8.93. The average Bonchev–Trinajstić information content (AvgIpc) is 2.92. The molecule has 1 atom stereocenters. The van der Waals surface area contributed by atoms with Crippen molar-refractivity contribution in [2.24, 2.45) is 10.4 Å². The monoisotopic (exact) mass is 386 g/mol. The minimum absolute atomic E-state index is 0.0643. The van der Waals surface area contributed by atoms with Crippen molar-refractivity contribution < 1.29 is 4.74 Å². The molecule has 2 aromatic carbocycles. The van der Waals surface area contributed by atoms with Gasteiger partial charge in [0.15, 0.2) is 0 Å². The Bertz CT molecular complexity index is 1030. The Morgan fingerprint density at radius 1 is 1.07 bits per heavy atom. The molecule has 0 N–H and O–H groups in total. The molecule has 2 heterocycles. The molecule has 0 bridgehead atoms. The minimum atomic E-state index is 0.0643. The Morgan fingerprint density at radius 3 is 2.59 bits per heavy atom. The van der Waals surface area contributed by atoms with E-state index in [1.54, 1.807) is 0 Å². The van der Waals surface area contributed by atoms with E-state index in [1.807, 2.05) is 30.5 Å². The first kappa shape index (κ1) is 19.6. The Kier molecular flexibility index (Phi) is 5.40. The number of aromatic nitrogens is 1. The lowest BCUT2D eigenvalue weighted by molar-refractivity contribution is 0.309. The van der Waals surface area contributed by atoms with Gasteiger partial charge in [-0.1, -0.05) is 64.1 Å². The molecule has 0 saturated carbocycles. The maximum atomic E-state index is 6.27. The lowest BCUT2D eigenvalue weighted by Crippen LogP contribution is -2.19. The molecule has 4 rings (SSSR count). The summed E-state index contributed by atoms with van der Waals surface area (Å²) >= 11 is 0. The van der Waals surface area contributed by atoms with E-state index in [0.29, 0.717) is 12.5 Å².